The van der Waals surface area contributed by atoms with Gasteiger partial charge in [0, 0.05) is 32.2 Å². The summed E-state index contributed by atoms with van der Waals surface area (Å²) in [6, 6.07) is 2.00. The molecule has 1 aromatic rings. The number of hydrogen-bond donors (Lipinski definition) is 1. The SMILES string of the molecule is Cn1ncc(N2CCC[C@@H](C(=O)NC3CC3)C2)cc1=O. The van der Waals surface area contributed by atoms with E-state index < -0.39 is 0 Å². The Morgan fingerprint density at radius 2 is 2.20 bits per heavy atom. The highest BCUT2D eigenvalue weighted by Gasteiger charge is 2.30. The summed E-state index contributed by atoms with van der Waals surface area (Å²) < 4.78 is 1.31. The monoisotopic (exact) mass is 276 g/mol. The summed E-state index contributed by atoms with van der Waals surface area (Å²) in [6.45, 7) is 1.55. The molecule has 2 heterocycles. The van der Waals surface area contributed by atoms with Crippen molar-refractivity contribution in [2.45, 2.75) is 31.7 Å². The standard InChI is InChI=1S/C14H20N4O2/c1-17-13(19)7-12(8-15-17)18-6-2-3-10(9-18)14(20)16-11-4-5-11/h7-8,10-11H,2-6,9H2,1H3,(H,16,20)/t10-/m1/s1. The third-order valence-corrected chi connectivity index (χ3v) is 4.03. The average molecular weight is 276 g/mol. The molecule has 1 saturated heterocycles. The van der Waals surface area contributed by atoms with Gasteiger partial charge in [-0.15, -0.1) is 0 Å². The number of nitrogens with one attached hydrogen (secondary N) is 1. The van der Waals surface area contributed by atoms with Crippen molar-refractivity contribution in [2.24, 2.45) is 13.0 Å². The van der Waals surface area contributed by atoms with Crippen molar-refractivity contribution < 1.29 is 4.79 Å². The lowest BCUT2D eigenvalue weighted by molar-refractivity contribution is -0.125. The number of aromatic nitrogens is 2. The van der Waals surface area contributed by atoms with Gasteiger partial charge in [-0.2, -0.15) is 5.10 Å². The molecule has 6 nitrogen and oxygen atoms in total. The van der Waals surface area contributed by atoms with Crippen molar-refractivity contribution in [1.82, 2.24) is 15.1 Å². The fourth-order valence-corrected chi connectivity index (χ4v) is 2.61. The van der Waals surface area contributed by atoms with Gasteiger partial charge in [-0.3, -0.25) is 9.59 Å². The number of carbonyl (C=O) groups excluding carboxylic acids is 1. The number of amides is 1. The van der Waals surface area contributed by atoms with Crippen molar-refractivity contribution in [3.63, 3.8) is 0 Å². The largest absolute Gasteiger partial charge is 0.369 e. The summed E-state index contributed by atoms with van der Waals surface area (Å²) in [5, 5.41) is 7.11. The molecule has 2 aliphatic rings. The highest BCUT2D eigenvalue weighted by Crippen LogP contribution is 2.24. The van der Waals surface area contributed by atoms with E-state index in [0.717, 1.165) is 37.9 Å². The number of piperidine rings is 1. The Morgan fingerprint density at radius 1 is 1.40 bits per heavy atom. The normalized spacial score (nSPS) is 22.6. The van der Waals surface area contributed by atoms with Crippen molar-refractivity contribution in [2.75, 3.05) is 18.0 Å². The van der Waals surface area contributed by atoms with Gasteiger partial charge in [0.1, 0.15) is 0 Å². The second kappa shape index (κ2) is 5.26. The number of anilines is 1. The second-order valence-corrected chi connectivity index (χ2v) is 5.74. The zero-order valence-corrected chi connectivity index (χ0v) is 11.7. The molecule has 0 spiro atoms. The quantitative estimate of drug-likeness (QED) is 0.861. The summed E-state index contributed by atoms with van der Waals surface area (Å²) in [5.41, 5.74) is 0.698. The fourth-order valence-electron chi connectivity index (χ4n) is 2.61. The summed E-state index contributed by atoms with van der Waals surface area (Å²) in [4.78, 5) is 25.9. The molecule has 1 N–H and O–H groups in total. The first-order valence-electron chi connectivity index (χ1n) is 7.22. The van der Waals surface area contributed by atoms with Crippen molar-refractivity contribution in [3.8, 4) is 0 Å². The van der Waals surface area contributed by atoms with Crippen LogP contribution in [-0.2, 0) is 11.8 Å². The number of carbonyl (C=O) groups is 1. The third-order valence-electron chi connectivity index (χ3n) is 4.03. The van der Waals surface area contributed by atoms with Crippen LogP contribution in [0.4, 0.5) is 5.69 Å². The maximum Gasteiger partial charge on any atom is 0.268 e. The third kappa shape index (κ3) is 2.84. The van der Waals surface area contributed by atoms with Gasteiger partial charge in [0.05, 0.1) is 17.8 Å². The Bertz CT molecular complexity index is 565. The number of aryl methyl sites for hydroxylation is 1. The van der Waals surface area contributed by atoms with Crippen molar-refractivity contribution in [3.05, 3.63) is 22.6 Å². The van der Waals surface area contributed by atoms with E-state index in [1.165, 1.54) is 4.68 Å². The molecule has 1 aromatic heterocycles. The zero-order chi connectivity index (χ0) is 14.1. The summed E-state index contributed by atoms with van der Waals surface area (Å²) in [5.74, 6) is 0.183. The number of nitrogens with zero attached hydrogens (tertiary/aromatic N) is 3. The van der Waals surface area contributed by atoms with Crippen molar-refractivity contribution in [1.29, 1.82) is 0 Å². The highest BCUT2D eigenvalue weighted by atomic mass is 16.2. The molecule has 0 bridgehead atoms. The van der Waals surface area contributed by atoms with E-state index in [2.05, 4.69) is 15.3 Å². The molecule has 0 radical (unpaired) electrons. The van der Waals surface area contributed by atoms with E-state index in [-0.39, 0.29) is 17.4 Å². The Labute approximate surface area is 117 Å². The molecular formula is C14H20N4O2. The van der Waals surface area contributed by atoms with Gasteiger partial charge in [0.15, 0.2) is 0 Å². The Kier molecular flexibility index (Phi) is 3.46. The van der Waals surface area contributed by atoms with Crippen LogP contribution >= 0.6 is 0 Å². The van der Waals surface area contributed by atoms with Crippen LogP contribution in [0.1, 0.15) is 25.7 Å². The van der Waals surface area contributed by atoms with Gasteiger partial charge in [-0.05, 0) is 25.7 Å². The maximum absolute atomic E-state index is 12.1. The van der Waals surface area contributed by atoms with Gasteiger partial charge in [-0.1, -0.05) is 0 Å². The molecule has 1 aliphatic carbocycles. The molecule has 20 heavy (non-hydrogen) atoms. The summed E-state index contributed by atoms with van der Waals surface area (Å²) in [7, 11) is 1.63. The van der Waals surface area contributed by atoms with Crippen LogP contribution in [0.2, 0.25) is 0 Å². The Balaban J connectivity index is 1.68. The molecule has 1 atom stereocenters. The predicted octanol–water partition coefficient (Wildman–Crippen LogP) is 0.275. The van der Waals surface area contributed by atoms with E-state index in [0.29, 0.717) is 12.6 Å². The van der Waals surface area contributed by atoms with Crippen LogP contribution in [0.15, 0.2) is 17.1 Å². The van der Waals surface area contributed by atoms with Gasteiger partial charge >= 0.3 is 0 Å². The van der Waals surface area contributed by atoms with Crippen LogP contribution in [-0.4, -0.2) is 34.8 Å². The topological polar surface area (TPSA) is 67.2 Å². The average Bonchev–Trinajstić information content (AvgIpc) is 3.26. The van der Waals surface area contributed by atoms with Crippen molar-refractivity contribution >= 4 is 11.6 Å². The van der Waals surface area contributed by atoms with Gasteiger partial charge < -0.3 is 10.2 Å². The Morgan fingerprint density at radius 3 is 2.90 bits per heavy atom. The van der Waals surface area contributed by atoms with Crippen LogP contribution in [0, 0.1) is 5.92 Å². The van der Waals surface area contributed by atoms with Gasteiger partial charge in [0.2, 0.25) is 5.91 Å². The lowest BCUT2D eigenvalue weighted by Gasteiger charge is -2.33. The zero-order valence-electron chi connectivity index (χ0n) is 11.7. The molecular weight excluding hydrogens is 256 g/mol. The molecule has 108 valence electrons. The molecule has 2 fully saturated rings. The van der Waals surface area contributed by atoms with Gasteiger partial charge in [-0.25, -0.2) is 4.68 Å². The first kappa shape index (κ1) is 13.1. The summed E-state index contributed by atoms with van der Waals surface area (Å²) >= 11 is 0. The van der Waals surface area contributed by atoms with Crippen LogP contribution in [0.3, 0.4) is 0 Å². The summed E-state index contributed by atoms with van der Waals surface area (Å²) in [6.07, 6.45) is 5.81. The maximum atomic E-state index is 12.1. The Hall–Kier alpha value is -1.85. The second-order valence-electron chi connectivity index (χ2n) is 5.74. The minimum Gasteiger partial charge on any atom is -0.369 e. The fraction of sp³-hybridized carbons (Fsp3) is 0.643. The van der Waals surface area contributed by atoms with Crippen LogP contribution in [0.5, 0.6) is 0 Å². The molecule has 1 aliphatic heterocycles. The smallest absolute Gasteiger partial charge is 0.268 e. The number of hydrogen-bond acceptors (Lipinski definition) is 4. The van der Waals surface area contributed by atoms with E-state index in [9.17, 15) is 9.59 Å². The molecule has 0 unspecified atom stereocenters. The lowest BCUT2D eigenvalue weighted by atomic mass is 9.97. The molecule has 3 rings (SSSR count). The number of rotatable bonds is 3. The molecule has 1 amide bonds. The molecule has 6 heteroatoms. The molecule has 0 aromatic carbocycles. The van der Waals surface area contributed by atoms with E-state index in [4.69, 9.17) is 0 Å². The van der Waals surface area contributed by atoms with E-state index in [1.807, 2.05) is 0 Å². The predicted molar refractivity (Wildman–Crippen MR) is 75.6 cm³/mol. The van der Waals surface area contributed by atoms with Crippen LogP contribution in [0.25, 0.3) is 0 Å². The minimum atomic E-state index is -0.118. The highest BCUT2D eigenvalue weighted by molar-refractivity contribution is 5.80. The van der Waals surface area contributed by atoms with E-state index in [1.54, 1.807) is 19.3 Å². The van der Waals surface area contributed by atoms with Crippen LogP contribution < -0.4 is 15.8 Å². The van der Waals surface area contributed by atoms with E-state index >= 15 is 0 Å². The molecule has 1 saturated carbocycles. The lowest BCUT2D eigenvalue weighted by Crippen LogP contribution is -2.44. The minimum absolute atomic E-state index is 0.0217. The van der Waals surface area contributed by atoms with Gasteiger partial charge in [0.25, 0.3) is 5.56 Å². The first-order chi connectivity index (χ1) is 9.63. The first-order valence-corrected chi connectivity index (χ1v) is 7.22.